The molecule has 0 spiro atoms. The lowest BCUT2D eigenvalue weighted by Crippen LogP contribution is -2.35. The smallest absolute Gasteiger partial charge is 0.263 e. The Morgan fingerprint density at radius 1 is 1.55 bits per heavy atom. The topological polar surface area (TPSA) is 74.2 Å². The fourth-order valence-corrected chi connectivity index (χ4v) is 2.64. The van der Waals surface area contributed by atoms with Gasteiger partial charge in [-0.1, -0.05) is 44.1 Å². The number of carbonyl (C=O) groups excluding carboxylic acids is 1. The van der Waals surface area contributed by atoms with Crippen LogP contribution in [0.15, 0.2) is 18.9 Å². The lowest BCUT2D eigenvalue weighted by Gasteiger charge is -2.20. The third-order valence-electron chi connectivity index (χ3n) is 3.19. The van der Waals surface area contributed by atoms with Crippen LogP contribution in [0.1, 0.15) is 36.4 Å². The molecule has 1 heterocycles. The van der Waals surface area contributed by atoms with Gasteiger partial charge in [0.25, 0.3) is 5.91 Å². The van der Waals surface area contributed by atoms with Crippen molar-refractivity contribution < 1.29 is 9.90 Å². The molecule has 0 aliphatic heterocycles. The lowest BCUT2D eigenvalue weighted by atomic mass is 9.96. The Kier molecular flexibility index (Phi) is 7.25. The maximum absolute atomic E-state index is 11.9. The summed E-state index contributed by atoms with van der Waals surface area (Å²) in [5.74, 6) is 0.0285. The molecule has 0 saturated heterocycles. The molecule has 0 fully saturated rings. The zero-order valence-electron chi connectivity index (χ0n) is 12.1. The van der Waals surface area contributed by atoms with Crippen LogP contribution < -0.4 is 10.6 Å². The summed E-state index contributed by atoms with van der Waals surface area (Å²) in [4.78, 5) is 16.6. The van der Waals surface area contributed by atoms with Gasteiger partial charge in [-0.2, -0.15) is 0 Å². The monoisotopic (exact) mass is 297 g/mol. The molecule has 1 aromatic rings. The minimum Gasteiger partial charge on any atom is -0.391 e. The van der Waals surface area contributed by atoms with Crippen molar-refractivity contribution in [3.8, 4) is 0 Å². The van der Waals surface area contributed by atoms with Crippen LogP contribution in [0, 0.1) is 5.92 Å². The molecule has 0 aliphatic carbocycles. The molecule has 0 saturated carbocycles. The van der Waals surface area contributed by atoms with Crippen LogP contribution in [-0.4, -0.2) is 35.2 Å². The van der Waals surface area contributed by atoms with Gasteiger partial charge in [-0.05, 0) is 5.92 Å². The predicted molar refractivity (Wildman–Crippen MR) is 83.2 cm³/mol. The van der Waals surface area contributed by atoms with Crippen molar-refractivity contribution in [3.05, 3.63) is 23.7 Å². The number of hydrogen-bond acceptors (Lipinski definition) is 5. The second kappa shape index (κ2) is 8.71. The van der Waals surface area contributed by atoms with E-state index >= 15 is 0 Å². The van der Waals surface area contributed by atoms with E-state index in [4.69, 9.17) is 0 Å². The Morgan fingerprint density at radius 2 is 2.25 bits per heavy atom. The Morgan fingerprint density at radius 3 is 2.85 bits per heavy atom. The minimum absolute atomic E-state index is 0.195. The number of carbonyl (C=O) groups is 1. The fourth-order valence-electron chi connectivity index (χ4n) is 1.90. The Labute approximate surface area is 124 Å². The summed E-state index contributed by atoms with van der Waals surface area (Å²) in [5, 5.41) is 16.4. The number of nitrogens with zero attached hydrogens (tertiary/aromatic N) is 1. The first-order chi connectivity index (χ1) is 9.62. The number of anilines is 1. The molecule has 1 atom stereocenters. The predicted octanol–water partition coefficient (Wildman–Crippen LogP) is 2.27. The number of rotatable bonds is 9. The van der Waals surface area contributed by atoms with Gasteiger partial charge in [0.05, 0.1) is 12.3 Å². The highest BCUT2D eigenvalue weighted by molar-refractivity contribution is 7.17. The highest BCUT2D eigenvalue weighted by atomic mass is 32.1. The van der Waals surface area contributed by atoms with Crippen molar-refractivity contribution in [2.45, 2.75) is 32.8 Å². The first kappa shape index (κ1) is 16.7. The molecule has 112 valence electrons. The van der Waals surface area contributed by atoms with Gasteiger partial charge in [-0.15, -0.1) is 6.58 Å². The van der Waals surface area contributed by atoms with Gasteiger partial charge < -0.3 is 15.7 Å². The number of aliphatic hydroxyl groups is 1. The van der Waals surface area contributed by atoms with Gasteiger partial charge in [-0.3, -0.25) is 4.79 Å². The van der Waals surface area contributed by atoms with Gasteiger partial charge in [0.1, 0.15) is 4.88 Å². The molecule has 0 aliphatic rings. The molecule has 5 nitrogen and oxygen atoms in total. The van der Waals surface area contributed by atoms with Crippen LogP contribution in [0.3, 0.4) is 0 Å². The Bertz CT molecular complexity index is 430. The SMILES string of the molecule is C=CCNc1ncc(C(=O)NCC(O)C(CC)CC)s1. The first-order valence-electron chi connectivity index (χ1n) is 6.89. The number of thiazole rings is 1. The second-order valence-electron chi connectivity index (χ2n) is 4.55. The van der Waals surface area contributed by atoms with E-state index in [0.29, 0.717) is 16.6 Å². The van der Waals surface area contributed by atoms with E-state index in [1.807, 2.05) is 13.8 Å². The average Bonchev–Trinajstić information content (AvgIpc) is 2.92. The van der Waals surface area contributed by atoms with Crippen LogP contribution in [0.4, 0.5) is 5.13 Å². The number of aliphatic hydroxyl groups excluding tert-OH is 1. The van der Waals surface area contributed by atoms with Gasteiger partial charge in [0.15, 0.2) is 5.13 Å². The second-order valence-corrected chi connectivity index (χ2v) is 5.58. The molecule has 0 aromatic carbocycles. The van der Waals surface area contributed by atoms with Gasteiger partial charge in [0.2, 0.25) is 0 Å². The maximum atomic E-state index is 11.9. The van der Waals surface area contributed by atoms with Crippen LogP contribution >= 0.6 is 11.3 Å². The number of hydrogen-bond donors (Lipinski definition) is 3. The number of nitrogens with one attached hydrogen (secondary N) is 2. The molecule has 1 amide bonds. The zero-order chi connectivity index (χ0) is 15.0. The molecule has 6 heteroatoms. The normalized spacial score (nSPS) is 12.2. The number of amides is 1. The van der Waals surface area contributed by atoms with Crippen molar-refractivity contribution in [2.75, 3.05) is 18.4 Å². The van der Waals surface area contributed by atoms with Gasteiger partial charge in [-0.25, -0.2) is 4.98 Å². The van der Waals surface area contributed by atoms with E-state index in [2.05, 4.69) is 22.2 Å². The van der Waals surface area contributed by atoms with Crippen LogP contribution in [0.2, 0.25) is 0 Å². The summed E-state index contributed by atoms with van der Waals surface area (Å²) in [6, 6.07) is 0. The van der Waals surface area contributed by atoms with E-state index in [0.717, 1.165) is 12.8 Å². The Balaban J connectivity index is 2.46. The van der Waals surface area contributed by atoms with Crippen molar-refractivity contribution in [1.82, 2.24) is 10.3 Å². The van der Waals surface area contributed by atoms with E-state index in [9.17, 15) is 9.90 Å². The number of aromatic nitrogens is 1. The van der Waals surface area contributed by atoms with E-state index in [-0.39, 0.29) is 18.4 Å². The summed E-state index contributed by atoms with van der Waals surface area (Å²) in [6.07, 6.45) is 4.58. The molecular weight excluding hydrogens is 274 g/mol. The van der Waals surface area contributed by atoms with Crippen molar-refractivity contribution in [2.24, 2.45) is 5.92 Å². The van der Waals surface area contributed by atoms with Crippen molar-refractivity contribution >= 4 is 22.4 Å². The van der Waals surface area contributed by atoms with Crippen LogP contribution in [0.5, 0.6) is 0 Å². The van der Waals surface area contributed by atoms with Crippen molar-refractivity contribution in [1.29, 1.82) is 0 Å². The lowest BCUT2D eigenvalue weighted by molar-refractivity contribution is 0.0819. The summed E-state index contributed by atoms with van der Waals surface area (Å²) in [5.41, 5.74) is 0. The maximum Gasteiger partial charge on any atom is 0.263 e. The molecule has 1 aromatic heterocycles. The fraction of sp³-hybridized carbons (Fsp3) is 0.571. The molecule has 0 bridgehead atoms. The highest BCUT2D eigenvalue weighted by Gasteiger charge is 2.17. The molecule has 20 heavy (non-hydrogen) atoms. The molecule has 0 radical (unpaired) electrons. The van der Waals surface area contributed by atoms with Crippen LogP contribution in [-0.2, 0) is 0 Å². The van der Waals surface area contributed by atoms with Crippen molar-refractivity contribution in [3.63, 3.8) is 0 Å². The first-order valence-corrected chi connectivity index (χ1v) is 7.70. The largest absolute Gasteiger partial charge is 0.391 e. The third kappa shape index (κ3) is 4.94. The highest BCUT2D eigenvalue weighted by Crippen LogP contribution is 2.18. The van der Waals surface area contributed by atoms with E-state index < -0.39 is 6.10 Å². The molecular formula is C14H23N3O2S. The summed E-state index contributed by atoms with van der Waals surface area (Å²) < 4.78 is 0. The van der Waals surface area contributed by atoms with E-state index in [1.165, 1.54) is 17.5 Å². The van der Waals surface area contributed by atoms with E-state index in [1.54, 1.807) is 6.08 Å². The molecule has 1 rings (SSSR count). The van der Waals surface area contributed by atoms with Gasteiger partial charge in [0, 0.05) is 13.1 Å². The minimum atomic E-state index is -0.500. The molecule has 3 N–H and O–H groups in total. The Hall–Kier alpha value is -1.40. The quantitative estimate of drug-likeness (QED) is 0.611. The summed E-state index contributed by atoms with van der Waals surface area (Å²) in [7, 11) is 0. The molecule has 1 unspecified atom stereocenters. The van der Waals surface area contributed by atoms with Gasteiger partial charge >= 0.3 is 0 Å². The average molecular weight is 297 g/mol. The summed E-state index contributed by atoms with van der Waals surface area (Å²) >= 11 is 1.29. The standard InChI is InChI=1S/C14H23N3O2S/c1-4-7-15-14-17-9-12(20-14)13(19)16-8-11(18)10(5-2)6-3/h4,9-11,18H,1,5-8H2,2-3H3,(H,15,17)(H,16,19). The zero-order valence-corrected chi connectivity index (χ0v) is 12.9. The van der Waals surface area contributed by atoms with Crippen LogP contribution in [0.25, 0.3) is 0 Å². The third-order valence-corrected chi connectivity index (χ3v) is 4.15. The summed E-state index contributed by atoms with van der Waals surface area (Å²) in [6.45, 7) is 8.58.